The number of carbonyl (C=O) groups is 2. The molecule has 0 aliphatic carbocycles. The molecule has 0 bridgehead atoms. The molecule has 8 rings (SSSR count). The average molecular weight is 756 g/mol. The van der Waals surface area contributed by atoms with Gasteiger partial charge in [0.15, 0.2) is 23.0 Å². The largest absolute Gasteiger partial charge is 0.493 e. The molecule has 2 atom stereocenters. The minimum atomic E-state index is -0.221. The van der Waals surface area contributed by atoms with E-state index in [1.807, 2.05) is 12.4 Å². The zero-order valence-electron chi connectivity index (χ0n) is 31.9. The summed E-state index contributed by atoms with van der Waals surface area (Å²) >= 11 is 0. The van der Waals surface area contributed by atoms with Crippen molar-refractivity contribution >= 4 is 46.9 Å². The fraction of sp³-hybridized carbons (Fsp3) is 0.349. The third kappa shape index (κ3) is 7.33. The number of hydrogen-bond acceptors (Lipinski definition) is 11. The van der Waals surface area contributed by atoms with Gasteiger partial charge in [0.25, 0.3) is 11.8 Å². The molecule has 0 radical (unpaired) electrons. The molecule has 0 saturated carbocycles. The predicted molar refractivity (Wildman–Crippen MR) is 216 cm³/mol. The van der Waals surface area contributed by atoms with Crippen LogP contribution in [0.2, 0.25) is 0 Å². The monoisotopic (exact) mass is 755 g/mol. The maximum absolute atomic E-state index is 13.9. The summed E-state index contributed by atoms with van der Waals surface area (Å²) in [4.78, 5) is 44.9. The predicted octanol–water partition coefficient (Wildman–Crippen LogP) is 5.05. The first-order valence-electron chi connectivity index (χ1n) is 18.9. The SMILES string of the molecule is COc1cc2c(cc1OCCCOc1cc3c(cc1OC)C(=O)N1C=C(c4ccc(N5CCN(C)CC5)cc4)C[C@H]1C=N3)N=C[C@@H]1CC(C#CCN)=CN1C2=O. The van der Waals surface area contributed by atoms with Gasteiger partial charge in [-0.15, -0.1) is 0 Å². The van der Waals surface area contributed by atoms with Crippen LogP contribution < -0.4 is 29.6 Å². The highest BCUT2D eigenvalue weighted by molar-refractivity contribution is 6.06. The first-order valence-corrected chi connectivity index (χ1v) is 18.9. The number of nitrogens with zero attached hydrogens (tertiary/aromatic N) is 6. The van der Waals surface area contributed by atoms with Crippen molar-refractivity contribution in [3.05, 3.63) is 83.2 Å². The van der Waals surface area contributed by atoms with Crippen molar-refractivity contribution in [3.8, 4) is 34.8 Å². The zero-order valence-corrected chi connectivity index (χ0v) is 31.9. The second-order valence-electron chi connectivity index (χ2n) is 14.3. The number of likely N-dealkylation sites (N-methyl/N-ethyl adjacent to an activating group) is 1. The summed E-state index contributed by atoms with van der Waals surface area (Å²) < 4.78 is 23.5. The Morgan fingerprint density at radius 1 is 0.750 bits per heavy atom. The van der Waals surface area contributed by atoms with E-state index < -0.39 is 0 Å². The number of ether oxygens (including phenoxy) is 4. The number of hydrogen-bond donors (Lipinski definition) is 1. The normalized spacial score (nSPS) is 19.8. The molecule has 56 heavy (non-hydrogen) atoms. The molecule has 2 N–H and O–H groups in total. The van der Waals surface area contributed by atoms with Crippen LogP contribution in [-0.4, -0.2) is 118 Å². The molecule has 0 spiro atoms. The van der Waals surface area contributed by atoms with E-state index in [0.29, 0.717) is 78.0 Å². The minimum absolute atomic E-state index is 0.135. The van der Waals surface area contributed by atoms with E-state index in [-0.39, 0.29) is 30.4 Å². The molecule has 288 valence electrons. The van der Waals surface area contributed by atoms with Crippen LogP contribution in [0.5, 0.6) is 23.0 Å². The van der Waals surface area contributed by atoms with Crippen LogP contribution >= 0.6 is 0 Å². The molecule has 1 fully saturated rings. The Morgan fingerprint density at radius 2 is 1.32 bits per heavy atom. The Bertz CT molecular complexity index is 2210. The Kier molecular flexibility index (Phi) is 10.5. The second kappa shape index (κ2) is 15.9. The molecular formula is C43H45N7O6. The molecule has 3 aromatic carbocycles. The smallest absolute Gasteiger partial charge is 0.260 e. The standard InChI is InChI=1S/C43H45N7O6/c1-47-12-14-48(15-13-47)31-9-7-29(8-10-31)30-19-33-25-46-37-23-41(39(54-3)21-35(37)43(52)50(33)27-30)56-17-5-16-55-40-22-36-34(20-38(40)53-2)42(51)49-26-28(6-4-11-44)18-32(49)24-45-36/h7-10,20-27,32-33H,5,11-19,44H2,1-3H3/t32-,33-/m0/s1. The van der Waals surface area contributed by atoms with E-state index in [2.05, 4.69) is 57.9 Å². The van der Waals surface area contributed by atoms with Crippen molar-refractivity contribution in [2.45, 2.75) is 31.3 Å². The van der Waals surface area contributed by atoms with Gasteiger partial charge in [0.1, 0.15) is 0 Å². The average Bonchev–Trinajstić information content (AvgIpc) is 3.79. The van der Waals surface area contributed by atoms with E-state index in [1.54, 1.807) is 53.6 Å². The summed E-state index contributed by atoms with van der Waals surface area (Å²) in [5.74, 6) is 7.38. The van der Waals surface area contributed by atoms with E-state index in [1.165, 1.54) is 12.8 Å². The maximum atomic E-state index is 13.9. The lowest BCUT2D eigenvalue weighted by atomic mass is 10.0. The number of methoxy groups -OCH3 is 2. The molecule has 2 amide bonds. The summed E-state index contributed by atoms with van der Waals surface area (Å²) in [5.41, 5.74) is 11.7. The number of aliphatic imine (C=N–C) groups is 2. The molecule has 13 nitrogen and oxygen atoms in total. The van der Waals surface area contributed by atoms with Gasteiger partial charge in [-0.25, -0.2) is 0 Å². The van der Waals surface area contributed by atoms with Crippen LogP contribution in [0.4, 0.5) is 17.1 Å². The Balaban J connectivity index is 0.893. The van der Waals surface area contributed by atoms with Gasteiger partial charge in [-0.3, -0.25) is 19.6 Å². The van der Waals surface area contributed by atoms with E-state index in [0.717, 1.165) is 42.9 Å². The quantitative estimate of drug-likeness (QED) is 0.223. The number of benzene rings is 3. The summed E-state index contributed by atoms with van der Waals surface area (Å²) in [5, 5.41) is 0. The Morgan fingerprint density at radius 3 is 1.89 bits per heavy atom. The van der Waals surface area contributed by atoms with Crippen molar-refractivity contribution in [2.24, 2.45) is 15.7 Å². The van der Waals surface area contributed by atoms with Gasteiger partial charge >= 0.3 is 0 Å². The molecule has 5 aliphatic heterocycles. The van der Waals surface area contributed by atoms with E-state index >= 15 is 0 Å². The van der Waals surface area contributed by atoms with Gasteiger partial charge in [-0.1, -0.05) is 24.0 Å². The van der Waals surface area contributed by atoms with Crippen LogP contribution in [0.15, 0.2) is 76.5 Å². The van der Waals surface area contributed by atoms with Crippen LogP contribution in [0.3, 0.4) is 0 Å². The zero-order chi connectivity index (χ0) is 38.8. The second-order valence-corrected chi connectivity index (χ2v) is 14.3. The lowest BCUT2D eigenvalue weighted by molar-refractivity contribution is 0.0809. The highest BCUT2D eigenvalue weighted by Crippen LogP contribution is 2.41. The summed E-state index contributed by atoms with van der Waals surface area (Å²) in [6.45, 7) is 5.02. The minimum Gasteiger partial charge on any atom is -0.493 e. The van der Waals surface area contributed by atoms with Crippen LogP contribution in [-0.2, 0) is 0 Å². The van der Waals surface area contributed by atoms with Crippen molar-refractivity contribution < 1.29 is 28.5 Å². The van der Waals surface area contributed by atoms with Crippen molar-refractivity contribution in [3.63, 3.8) is 0 Å². The third-order valence-corrected chi connectivity index (χ3v) is 10.7. The number of piperazine rings is 1. The third-order valence-electron chi connectivity index (χ3n) is 10.7. The molecule has 5 heterocycles. The molecule has 5 aliphatic rings. The number of amides is 2. The lowest BCUT2D eigenvalue weighted by Crippen LogP contribution is -2.44. The number of fused-ring (bicyclic) bond motifs is 4. The summed E-state index contributed by atoms with van der Waals surface area (Å²) in [6.07, 6.45) is 9.11. The van der Waals surface area contributed by atoms with Crippen molar-refractivity contribution in [1.82, 2.24) is 14.7 Å². The fourth-order valence-corrected chi connectivity index (χ4v) is 7.57. The van der Waals surface area contributed by atoms with Crippen molar-refractivity contribution in [2.75, 3.05) is 72.1 Å². The topological polar surface area (TPSA) is 135 Å². The Labute approximate surface area is 326 Å². The van der Waals surface area contributed by atoms with Crippen LogP contribution in [0.25, 0.3) is 5.57 Å². The first-order chi connectivity index (χ1) is 27.3. The van der Waals surface area contributed by atoms with Crippen molar-refractivity contribution in [1.29, 1.82) is 0 Å². The van der Waals surface area contributed by atoms with Gasteiger partial charge in [-0.2, -0.15) is 0 Å². The first kappa shape index (κ1) is 36.9. The van der Waals surface area contributed by atoms with Gasteiger partial charge in [-0.05, 0) is 42.4 Å². The highest BCUT2D eigenvalue weighted by Gasteiger charge is 2.35. The number of anilines is 1. The molecule has 0 unspecified atom stereocenters. The van der Waals surface area contributed by atoms with E-state index in [9.17, 15) is 9.59 Å². The number of carbonyl (C=O) groups excluding carboxylic acids is 2. The Hall–Kier alpha value is -6.10. The molecule has 3 aromatic rings. The van der Waals surface area contributed by atoms with Gasteiger partial charge in [0.2, 0.25) is 0 Å². The summed E-state index contributed by atoms with van der Waals surface area (Å²) in [6, 6.07) is 15.1. The highest BCUT2D eigenvalue weighted by atomic mass is 16.5. The van der Waals surface area contributed by atoms with Crippen LogP contribution in [0, 0.1) is 11.8 Å². The van der Waals surface area contributed by atoms with Crippen LogP contribution in [0.1, 0.15) is 45.5 Å². The molecular weight excluding hydrogens is 711 g/mol. The fourth-order valence-electron chi connectivity index (χ4n) is 7.57. The molecule has 1 saturated heterocycles. The lowest BCUT2D eigenvalue weighted by Gasteiger charge is -2.34. The van der Waals surface area contributed by atoms with Gasteiger partial charge in [0, 0.05) is 93.7 Å². The maximum Gasteiger partial charge on any atom is 0.260 e. The van der Waals surface area contributed by atoms with Gasteiger partial charge < -0.3 is 44.3 Å². The molecule has 0 aromatic heterocycles. The number of nitrogens with two attached hydrogens (primary N) is 1. The van der Waals surface area contributed by atoms with E-state index in [4.69, 9.17) is 29.7 Å². The molecule has 13 heteroatoms. The summed E-state index contributed by atoms with van der Waals surface area (Å²) in [7, 11) is 5.25. The number of rotatable bonds is 10. The van der Waals surface area contributed by atoms with Gasteiger partial charge in [0.05, 0.1) is 68.6 Å².